The summed E-state index contributed by atoms with van der Waals surface area (Å²) >= 11 is 5.97. The van der Waals surface area contributed by atoms with Crippen molar-refractivity contribution in [2.24, 2.45) is 0 Å². The number of nitrogens with zero attached hydrogens (tertiary/aromatic N) is 2. The number of hydrogen-bond donors (Lipinski definition) is 1. The number of para-hydroxylation sites is 2. The van der Waals surface area contributed by atoms with Gasteiger partial charge in [-0.2, -0.15) is 0 Å². The van der Waals surface area contributed by atoms with E-state index in [0.717, 1.165) is 11.0 Å². The molecule has 0 saturated heterocycles. The standard InChI is InChI=1S/C11H10ClN3/c1-2-7-13-11-10(12)14-8-5-3-4-6-9(8)15-11/h2-6H,1,7H2,(H,13,15). The average Bonchev–Trinajstić information content (AvgIpc) is 2.26. The van der Waals surface area contributed by atoms with Crippen molar-refractivity contribution in [1.29, 1.82) is 0 Å². The number of rotatable bonds is 3. The van der Waals surface area contributed by atoms with Crippen molar-refractivity contribution < 1.29 is 0 Å². The van der Waals surface area contributed by atoms with Gasteiger partial charge in [-0.25, -0.2) is 9.97 Å². The van der Waals surface area contributed by atoms with Crippen molar-refractivity contribution in [3.63, 3.8) is 0 Å². The van der Waals surface area contributed by atoms with Crippen LogP contribution < -0.4 is 5.32 Å². The van der Waals surface area contributed by atoms with Gasteiger partial charge in [0.25, 0.3) is 0 Å². The van der Waals surface area contributed by atoms with Crippen molar-refractivity contribution in [2.75, 3.05) is 11.9 Å². The molecule has 0 radical (unpaired) electrons. The van der Waals surface area contributed by atoms with E-state index in [1.54, 1.807) is 6.08 Å². The van der Waals surface area contributed by atoms with Crippen LogP contribution in [-0.4, -0.2) is 16.5 Å². The van der Waals surface area contributed by atoms with Crippen LogP contribution in [0.1, 0.15) is 0 Å². The third kappa shape index (κ3) is 2.07. The van der Waals surface area contributed by atoms with Crippen LogP contribution in [0.15, 0.2) is 36.9 Å². The van der Waals surface area contributed by atoms with Gasteiger partial charge < -0.3 is 5.32 Å². The first-order valence-electron chi connectivity index (χ1n) is 4.58. The van der Waals surface area contributed by atoms with Crippen molar-refractivity contribution in [3.8, 4) is 0 Å². The molecule has 0 fully saturated rings. The zero-order valence-electron chi connectivity index (χ0n) is 8.07. The van der Waals surface area contributed by atoms with Crippen molar-refractivity contribution >= 4 is 28.5 Å². The second-order valence-electron chi connectivity index (χ2n) is 3.02. The first-order chi connectivity index (χ1) is 7.31. The zero-order chi connectivity index (χ0) is 10.7. The van der Waals surface area contributed by atoms with Crippen LogP contribution in [0.5, 0.6) is 0 Å². The summed E-state index contributed by atoms with van der Waals surface area (Å²) in [5, 5.41) is 3.42. The summed E-state index contributed by atoms with van der Waals surface area (Å²) in [6.45, 7) is 4.23. The smallest absolute Gasteiger partial charge is 0.172 e. The fourth-order valence-corrected chi connectivity index (χ4v) is 1.46. The van der Waals surface area contributed by atoms with Crippen LogP contribution in [0.2, 0.25) is 5.15 Å². The van der Waals surface area contributed by atoms with E-state index < -0.39 is 0 Å². The highest BCUT2D eigenvalue weighted by Gasteiger charge is 2.04. The lowest BCUT2D eigenvalue weighted by atomic mass is 10.3. The number of aromatic nitrogens is 2. The number of halogens is 1. The number of nitrogens with one attached hydrogen (secondary N) is 1. The predicted octanol–water partition coefficient (Wildman–Crippen LogP) is 2.88. The molecule has 3 nitrogen and oxygen atoms in total. The topological polar surface area (TPSA) is 37.8 Å². The van der Waals surface area contributed by atoms with Crippen molar-refractivity contribution in [3.05, 3.63) is 42.1 Å². The van der Waals surface area contributed by atoms with Gasteiger partial charge in [-0.1, -0.05) is 29.8 Å². The maximum Gasteiger partial charge on any atom is 0.172 e. The Hall–Kier alpha value is -1.61. The molecular formula is C11H10ClN3. The maximum absolute atomic E-state index is 5.97. The van der Waals surface area contributed by atoms with Crippen LogP contribution >= 0.6 is 11.6 Å². The summed E-state index contributed by atoms with van der Waals surface area (Å²) in [5.41, 5.74) is 1.63. The Balaban J connectivity index is 2.47. The summed E-state index contributed by atoms with van der Waals surface area (Å²) < 4.78 is 0. The highest BCUT2D eigenvalue weighted by molar-refractivity contribution is 6.32. The Labute approximate surface area is 92.8 Å². The van der Waals surface area contributed by atoms with Gasteiger partial charge in [0.2, 0.25) is 0 Å². The molecule has 1 N–H and O–H groups in total. The third-order valence-electron chi connectivity index (χ3n) is 1.94. The van der Waals surface area contributed by atoms with Gasteiger partial charge in [-0.15, -0.1) is 6.58 Å². The lowest BCUT2D eigenvalue weighted by molar-refractivity contribution is 1.22. The normalized spacial score (nSPS) is 10.2. The second kappa shape index (κ2) is 4.28. The molecule has 1 aromatic carbocycles. The molecule has 0 bridgehead atoms. The fourth-order valence-electron chi connectivity index (χ4n) is 1.26. The molecule has 0 unspecified atom stereocenters. The SMILES string of the molecule is C=CCNc1nc2ccccc2nc1Cl. The molecule has 0 amide bonds. The lowest BCUT2D eigenvalue weighted by Gasteiger charge is -2.05. The first-order valence-corrected chi connectivity index (χ1v) is 4.96. The minimum atomic E-state index is 0.385. The van der Waals surface area contributed by atoms with E-state index in [1.165, 1.54) is 0 Å². The van der Waals surface area contributed by atoms with E-state index in [1.807, 2.05) is 24.3 Å². The summed E-state index contributed by atoms with van der Waals surface area (Å²) in [6, 6.07) is 7.61. The molecule has 1 heterocycles. The lowest BCUT2D eigenvalue weighted by Crippen LogP contribution is -2.02. The monoisotopic (exact) mass is 219 g/mol. The third-order valence-corrected chi connectivity index (χ3v) is 2.21. The van der Waals surface area contributed by atoms with Gasteiger partial charge in [0.05, 0.1) is 11.0 Å². The van der Waals surface area contributed by atoms with E-state index in [2.05, 4.69) is 21.9 Å². The van der Waals surface area contributed by atoms with Crippen LogP contribution in [0, 0.1) is 0 Å². The molecule has 15 heavy (non-hydrogen) atoms. The highest BCUT2D eigenvalue weighted by Crippen LogP contribution is 2.20. The first kappa shape index (κ1) is 9.93. The Morgan fingerprint density at radius 1 is 1.27 bits per heavy atom. The van der Waals surface area contributed by atoms with Gasteiger partial charge in [0.15, 0.2) is 11.0 Å². The predicted molar refractivity (Wildman–Crippen MR) is 63.2 cm³/mol. The molecule has 76 valence electrons. The molecule has 0 aliphatic rings. The molecular weight excluding hydrogens is 210 g/mol. The average molecular weight is 220 g/mol. The second-order valence-corrected chi connectivity index (χ2v) is 3.38. The maximum atomic E-state index is 5.97. The molecule has 1 aromatic heterocycles. The van der Waals surface area contributed by atoms with Gasteiger partial charge in [0, 0.05) is 6.54 Å². The molecule has 4 heteroatoms. The zero-order valence-corrected chi connectivity index (χ0v) is 8.83. The van der Waals surface area contributed by atoms with Crippen LogP contribution in [0.4, 0.5) is 5.82 Å². The van der Waals surface area contributed by atoms with Gasteiger partial charge >= 0.3 is 0 Å². The van der Waals surface area contributed by atoms with Crippen LogP contribution in [-0.2, 0) is 0 Å². The molecule has 0 atom stereocenters. The molecule has 0 saturated carbocycles. The largest absolute Gasteiger partial charge is 0.364 e. The van der Waals surface area contributed by atoms with Gasteiger partial charge in [-0.3, -0.25) is 0 Å². The van der Waals surface area contributed by atoms with Crippen molar-refractivity contribution in [2.45, 2.75) is 0 Å². The summed E-state index contributed by atoms with van der Waals surface area (Å²) in [6.07, 6.45) is 1.74. The van der Waals surface area contributed by atoms with Crippen molar-refractivity contribution in [1.82, 2.24) is 9.97 Å². The summed E-state index contributed by atoms with van der Waals surface area (Å²) in [4.78, 5) is 8.59. The number of hydrogen-bond acceptors (Lipinski definition) is 3. The van der Waals surface area contributed by atoms with E-state index in [0.29, 0.717) is 17.5 Å². The van der Waals surface area contributed by atoms with Crippen LogP contribution in [0.25, 0.3) is 11.0 Å². The fraction of sp³-hybridized carbons (Fsp3) is 0.0909. The minimum Gasteiger partial charge on any atom is -0.364 e. The van der Waals surface area contributed by atoms with E-state index in [9.17, 15) is 0 Å². The summed E-state index contributed by atoms with van der Waals surface area (Å²) in [7, 11) is 0. The molecule has 0 aliphatic heterocycles. The quantitative estimate of drug-likeness (QED) is 0.807. The van der Waals surface area contributed by atoms with Gasteiger partial charge in [-0.05, 0) is 12.1 Å². The number of anilines is 1. The molecule has 2 rings (SSSR count). The van der Waals surface area contributed by atoms with E-state index >= 15 is 0 Å². The van der Waals surface area contributed by atoms with E-state index in [4.69, 9.17) is 11.6 Å². The van der Waals surface area contributed by atoms with Gasteiger partial charge in [0.1, 0.15) is 0 Å². The number of benzene rings is 1. The Morgan fingerprint density at radius 2 is 1.93 bits per heavy atom. The highest BCUT2D eigenvalue weighted by atomic mass is 35.5. The Morgan fingerprint density at radius 3 is 2.60 bits per heavy atom. The Bertz CT molecular complexity index is 496. The molecule has 2 aromatic rings. The number of fused-ring (bicyclic) bond motifs is 1. The Kier molecular flexibility index (Phi) is 2.83. The van der Waals surface area contributed by atoms with Crippen LogP contribution in [0.3, 0.4) is 0 Å². The molecule has 0 aliphatic carbocycles. The minimum absolute atomic E-state index is 0.385. The molecule has 0 spiro atoms. The van der Waals surface area contributed by atoms with E-state index in [-0.39, 0.29) is 0 Å². The summed E-state index contributed by atoms with van der Waals surface area (Å²) in [5.74, 6) is 0.593.